The molecule has 3 nitrogen and oxygen atoms in total. The van der Waals surface area contributed by atoms with Crippen molar-refractivity contribution in [2.24, 2.45) is 0 Å². The second kappa shape index (κ2) is 6.41. The Balaban J connectivity index is 1.94. The summed E-state index contributed by atoms with van der Waals surface area (Å²) < 4.78 is 2.19. The molecule has 0 spiro atoms. The average Bonchev–Trinajstić information content (AvgIpc) is 2.83. The van der Waals surface area contributed by atoms with E-state index in [1.165, 1.54) is 5.56 Å². The van der Waals surface area contributed by atoms with Gasteiger partial charge < -0.3 is 9.88 Å². The molecule has 0 aliphatic heterocycles. The number of rotatable bonds is 6. The van der Waals surface area contributed by atoms with Gasteiger partial charge in [0.15, 0.2) is 0 Å². The minimum absolute atomic E-state index is 0.410. The monoisotopic (exact) mass is 257 g/mol. The van der Waals surface area contributed by atoms with E-state index >= 15 is 0 Å². The fourth-order valence-corrected chi connectivity index (χ4v) is 2.17. The third-order valence-corrected chi connectivity index (χ3v) is 3.30. The molecule has 19 heavy (non-hydrogen) atoms. The molecule has 3 heteroatoms. The number of aromatic nitrogens is 2. The predicted molar refractivity (Wildman–Crippen MR) is 80.5 cm³/mol. The largest absolute Gasteiger partial charge is 0.353 e. The summed E-state index contributed by atoms with van der Waals surface area (Å²) >= 11 is 0. The molecule has 0 saturated heterocycles. The SMILES string of the molecule is CC(C)Nc1nccn1CCC(C)c1ccccc1. The Morgan fingerprint density at radius 2 is 1.89 bits per heavy atom. The minimum Gasteiger partial charge on any atom is -0.353 e. The molecule has 0 amide bonds. The first-order valence-electron chi connectivity index (χ1n) is 6.99. The first-order chi connectivity index (χ1) is 9.16. The zero-order chi connectivity index (χ0) is 13.7. The normalized spacial score (nSPS) is 12.6. The smallest absolute Gasteiger partial charge is 0.202 e. The highest BCUT2D eigenvalue weighted by atomic mass is 15.2. The van der Waals surface area contributed by atoms with Gasteiger partial charge in [-0.3, -0.25) is 0 Å². The van der Waals surface area contributed by atoms with E-state index in [1.807, 2.05) is 12.4 Å². The van der Waals surface area contributed by atoms with Crippen molar-refractivity contribution in [2.75, 3.05) is 5.32 Å². The molecule has 1 unspecified atom stereocenters. The van der Waals surface area contributed by atoms with E-state index in [1.54, 1.807) is 0 Å². The maximum atomic E-state index is 4.36. The molecule has 0 aliphatic rings. The number of benzene rings is 1. The lowest BCUT2D eigenvalue weighted by atomic mass is 9.98. The maximum Gasteiger partial charge on any atom is 0.202 e. The van der Waals surface area contributed by atoms with Crippen LogP contribution in [0.3, 0.4) is 0 Å². The highest BCUT2D eigenvalue weighted by molar-refractivity contribution is 5.27. The lowest BCUT2D eigenvalue weighted by Gasteiger charge is -2.15. The van der Waals surface area contributed by atoms with Gasteiger partial charge in [-0.25, -0.2) is 4.98 Å². The van der Waals surface area contributed by atoms with Crippen LogP contribution in [-0.4, -0.2) is 15.6 Å². The number of nitrogens with one attached hydrogen (secondary N) is 1. The van der Waals surface area contributed by atoms with Gasteiger partial charge in [-0.15, -0.1) is 0 Å². The van der Waals surface area contributed by atoms with Crippen LogP contribution >= 0.6 is 0 Å². The number of hydrogen-bond acceptors (Lipinski definition) is 2. The molecule has 1 aromatic heterocycles. The average molecular weight is 257 g/mol. The molecule has 0 aliphatic carbocycles. The molecule has 2 aromatic rings. The van der Waals surface area contributed by atoms with Crippen LogP contribution in [0.1, 0.15) is 38.7 Å². The van der Waals surface area contributed by atoms with Crippen molar-refractivity contribution >= 4 is 5.95 Å². The van der Waals surface area contributed by atoms with Gasteiger partial charge in [0.05, 0.1) is 0 Å². The molecular weight excluding hydrogens is 234 g/mol. The van der Waals surface area contributed by atoms with Crippen molar-refractivity contribution in [3.63, 3.8) is 0 Å². The highest BCUT2D eigenvalue weighted by Gasteiger charge is 2.08. The summed E-state index contributed by atoms with van der Waals surface area (Å²) in [5.74, 6) is 1.53. The van der Waals surface area contributed by atoms with Crippen LogP contribution in [0.2, 0.25) is 0 Å². The van der Waals surface area contributed by atoms with Crippen LogP contribution in [0, 0.1) is 0 Å². The maximum absolute atomic E-state index is 4.36. The molecule has 1 N–H and O–H groups in total. The lowest BCUT2D eigenvalue weighted by Crippen LogP contribution is -2.15. The first kappa shape index (κ1) is 13.7. The summed E-state index contributed by atoms with van der Waals surface area (Å²) in [6.07, 6.45) is 5.02. The molecule has 2 rings (SSSR count). The van der Waals surface area contributed by atoms with Crippen molar-refractivity contribution < 1.29 is 0 Å². The van der Waals surface area contributed by atoms with Gasteiger partial charge in [-0.2, -0.15) is 0 Å². The second-order valence-electron chi connectivity index (χ2n) is 5.34. The Labute approximate surface area is 115 Å². The second-order valence-corrected chi connectivity index (χ2v) is 5.34. The van der Waals surface area contributed by atoms with E-state index in [-0.39, 0.29) is 0 Å². The van der Waals surface area contributed by atoms with Crippen molar-refractivity contribution in [1.29, 1.82) is 0 Å². The van der Waals surface area contributed by atoms with Crippen molar-refractivity contribution in [3.8, 4) is 0 Å². The summed E-state index contributed by atoms with van der Waals surface area (Å²) in [5.41, 5.74) is 1.40. The fraction of sp³-hybridized carbons (Fsp3) is 0.438. The zero-order valence-corrected chi connectivity index (χ0v) is 12.0. The van der Waals surface area contributed by atoms with Crippen LogP contribution in [0.5, 0.6) is 0 Å². The van der Waals surface area contributed by atoms with Gasteiger partial charge in [0.2, 0.25) is 5.95 Å². The summed E-state index contributed by atoms with van der Waals surface area (Å²) in [6.45, 7) is 7.53. The molecule has 0 radical (unpaired) electrons. The number of imidazole rings is 1. The molecule has 1 atom stereocenters. The van der Waals surface area contributed by atoms with Crippen molar-refractivity contribution in [2.45, 2.75) is 45.7 Å². The van der Waals surface area contributed by atoms with Gasteiger partial charge >= 0.3 is 0 Å². The topological polar surface area (TPSA) is 29.9 Å². The van der Waals surface area contributed by atoms with E-state index in [4.69, 9.17) is 0 Å². The molecule has 0 saturated carbocycles. The van der Waals surface area contributed by atoms with Gasteiger partial charge in [-0.1, -0.05) is 37.3 Å². The van der Waals surface area contributed by atoms with E-state index in [0.717, 1.165) is 18.9 Å². The molecule has 0 fully saturated rings. The van der Waals surface area contributed by atoms with Crippen LogP contribution in [0.4, 0.5) is 5.95 Å². The fourth-order valence-electron chi connectivity index (χ4n) is 2.17. The van der Waals surface area contributed by atoms with E-state index < -0.39 is 0 Å². The molecule has 0 bridgehead atoms. The Morgan fingerprint density at radius 1 is 1.16 bits per heavy atom. The molecule has 102 valence electrons. The van der Waals surface area contributed by atoms with Crippen molar-refractivity contribution in [3.05, 3.63) is 48.3 Å². The number of hydrogen-bond donors (Lipinski definition) is 1. The third-order valence-electron chi connectivity index (χ3n) is 3.30. The van der Waals surface area contributed by atoms with Crippen LogP contribution in [0.15, 0.2) is 42.7 Å². The van der Waals surface area contributed by atoms with Crippen LogP contribution in [0.25, 0.3) is 0 Å². The Bertz CT molecular complexity index is 488. The van der Waals surface area contributed by atoms with E-state index in [0.29, 0.717) is 12.0 Å². The standard InChI is InChI=1S/C16H23N3/c1-13(2)18-16-17-10-12-19(16)11-9-14(3)15-7-5-4-6-8-15/h4-8,10,12-14H,9,11H2,1-3H3,(H,17,18). The minimum atomic E-state index is 0.410. The number of nitrogens with zero attached hydrogens (tertiary/aromatic N) is 2. The zero-order valence-electron chi connectivity index (χ0n) is 12.0. The van der Waals surface area contributed by atoms with E-state index in [2.05, 4.69) is 66.0 Å². The van der Waals surface area contributed by atoms with Crippen LogP contribution in [-0.2, 0) is 6.54 Å². The first-order valence-corrected chi connectivity index (χ1v) is 6.99. The third kappa shape index (κ3) is 3.85. The highest BCUT2D eigenvalue weighted by Crippen LogP contribution is 2.20. The Hall–Kier alpha value is -1.77. The summed E-state index contributed by atoms with van der Waals surface area (Å²) in [5, 5.41) is 3.37. The van der Waals surface area contributed by atoms with Gasteiger partial charge in [0, 0.05) is 25.0 Å². The Morgan fingerprint density at radius 3 is 2.58 bits per heavy atom. The summed E-state index contributed by atoms with van der Waals surface area (Å²) in [6, 6.07) is 11.1. The number of aryl methyl sites for hydroxylation is 1. The van der Waals surface area contributed by atoms with Crippen LogP contribution < -0.4 is 5.32 Å². The quantitative estimate of drug-likeness (QED) is 0.850. The predicted octanol–water partition coefficient (Wildman–Crippen LogP) is 3.90. The van der Waals surface area contributed by atoms with Gasteiger partial charge in [0.1, 0.15) is 0 Å². The van der Waals surface area contributed by atoms with Gasteiger partial charge in [0.25, 0.3) is 0 Å². The lowest BCUT2D eigenvalue weighted by molar-refractivity contribution is 0.577. The van der Waals surface area contributed by atoms with Gasteiger partial charge in [-0.05, 0) is 31.7 Å². The molecule has 1 heterocycles. The van der Waals surface area contributed by atoms with Crippen molar-refractivity contribution in [1.82, 2.24) is 9.55 Å². The van der Waals surface area contributed by atoms with E-state index in [9.17, 15) is 0 Å². The summed E-state index contributed by atoms with van der Waals surface area (Å²) in [4.78, 5) is 4.36. The molecule has 1 aromatic carbocycles. The molecular formula is C16H23N3. The summed E-state index contributed by atoms with van der Waals surface area (Å²) in [7, 11) is 0. The Kier molecular flexibility index (Phi) is 4.61. The number of anilines is 1.